The lowest BCUT2D eigenvalue weighted by Crippen LogP contribution is -2.19. The molecule has 0 unspecified atom stereocenters. The molecule has 132 valence electrons. The Labute approximate surface area is 140 Å². The Morgan fingerprint density at radius 1 is 1.21 bits per heavy atom. The Morgan fingerprint density at radius 2 is 1.88 bits per heavy atom. The number of halogens is 4. The summed E-state index contributed by atoms with van der Waals surface area (Å²) in [5.74, 6) is -1.42. The molecule has 1 rings (SSSR count). The minimum atomic E-state index is -4.55. The molecule has 0 atom stereocenters. The van der Waals surface area contributed by atoms with Crippen LogP contribution in [-0.4, -0.2) is 31.9 Å². The van der Waals surface area contributed by atoms with Gasteiger partial charge in [0.1, 0.15) is 5.71 Å². The Morgan fingerprint density at radius 3 is 2.42 bits per heavy atom. The maximum Gasteiger partial charge on any atom is 0.416 e. The normalized spacial score (nSPS) is 11.8. The van der Waals surface area contributed by atoms with Gasteiger partial charge in [0, 0.05) is 6.42 Å². The summed E-state index contributed by atoms with van der Waals surface area (Å²) in [4.78, 5) is 22.7. The zero-order valence-electron chi connectivity index (χ0n) is 12.7. The van der Waals surface area contributed by atoms with Crippen molar-refractivity contribution in [3.8, 4) is 0 Å². The number of nitrogens with one attached hydrogen (secondary N) is 1. The molecule has 0 spiro atoms. The van der Waals surface area contributed by atoms with E-state index in [-0.39, 0.29) is 29.3 Å². The van der Waals surface area contributed by atoms with Crippen LogP contribution in [0.4, 0.5) is 18.9 Å². The fourth-order valence-electron chi connectivity index (χ4n) is 1.56. The number of nitrogens with zero attached hydrogens (tertiary/aromatic N) is 1. The van der Waals surface area contributed by atoms with Gasteiger partial charge in [-0.25, -0.2) is 4.79 Å². The quantitative estimate of drug-likeness (QED) is 0.475. The molecule has 0 aliphatic rings. The number of carbonyl (C=O) groups excluding carboxylic acids is 2. The largest absolute Gasteiger partial charge is 0.469 e. The van der Waals surface area contributed by atoms with E-state index in [2.05, 4.69) is 20.0 Å². The maximum absolute atomic E-state index is 12.7. The van der Waals surface area contributed by atoms with E-state index < -0.39 is 23.7 Å². The third kappa shape index (κ3) is 5.73. The Bertz CT molecular complexity index is 647. The second-order valence-electron chi connectivity index (χ2n) is 4.43. The predicted octanol–water partition coefficient (Wildman–Crippen LogP) is 3.25. The Hall–Kier alpha value is -2.29. The number of ether oxygens (including phenoxy) is 2. The van der Waals surface area contributed by atoms with Crippen LogP contribution < -0.4 is 5.43 Å². The molecule has 0 heterocycles. The van der Waals surface area contributed by atoms with Crippen molar-refractivity contribution in [1.82, 2.24) is 0 Å². The first-order valence-corrected chi connectivity index (χ1v) is 6.91. The van der Waals surface area contributed by atoms with Gasteiger partial charge in [0.25, 0.3) is 0 Å². The number of hydrogen-bond acceptors (Lipinski definition) is 6. The lowest BCUT2D eigenvalue weighted by Gasteiger charge is -2.11. The van der Waals surface area contributed by atoms with Crippen molar-refractivity contribution in [1.29, 1.82) is 0 Å². The molecule has 0 aromatic heterocycles. The van der Waals surface area contributed by atoms with Gasteiger partial charge in [0.15, 0.2) is 0 Å². The van der Waals surface area contributed by atoms with Gasteiger partial charge < -0.3 is 9.47 Å². The average molecular weight is 367 g/mol. The van der Waals surface area contributed by atoms with E-state index in [9.17, 15) is 22.8 Å². The topological polar surface area (TPSA) is 77.0 Å². The van der Waals surface area contributed by atoms with Crippen molar-refractivity contribution >= 4 is 34.9 Å². The van der Waals surface area contributed by atoms with Crippen LogP contribution in [0.3, 0.4) is 0 Å². The van der Waals surface area contributed by atoms with E-state index in [4.69, 9.17) is 11.6 Å². The summed E-state index contributed by atoms with van der Waals surface area (Å²) in [7, 11) is 2.28. The number of esters is 2. The highest BCUT2D eigenvalue weighted by Gasteiger charge is 2.31. The smallest absolute Gasteiger partial charge is 0.416 e. The van der Waals surface area contributed by atoms with Crippen molar-refractivity contribution < 1.29 is 32.2 Å². The van der Waals surface area contributed by atoms with Crippen LogP contribution in [0.15, 0.2) is 23.3 Å². The van der Waals surface area contributed by atoms with Gasteiger partial charge in [-0.3, -0.25) is 10.2 Å². The number of benzene rings is 1. The van der Waals surface area contributed by atoms with E-state index in [0.29, 0.717) is 0 Å². The highest BCUT2D eigenvalue weighted by atomic mass is 35.5. The first-order valence-electron chi connectivity index (χ1n) is 6.53. The monoisotopic (exact) mass is 366 g/mol. The molecule has 0 saturated heterocycles. The second-order valence-corrected chi connectivity index (χ2v) is 4.84. The van der Waals surface area contributed by atoms with Crippen LogP contribution in [0.5, 0.6) is 0 Å². The zero-order chi connectivity index (χ0) is 18.3. The molecule has 0 fully saturated rings. The number of alkyl halides is 3. The van der Waals surface area contributed by atoms with Crippen LogP contribution in [0.1, 0.15) is 18.4 Å². The molecule has 1 aromatic rings. The van der Waals surface area contributed by atoms with Gasteiger partial charge in [0.2, 0.25) is 0 Å². The number of anilines is 1. The summed E-state index contributed by atoms with van der Waals surface area (Å²) < 4.78 is 47.0. The summed E-state index contributed by atoms with van der Waals surface area (Å²) >= 11 is 5.80. The fourth-order valence-corrected chi connectivity index (χ4v) is 1.72. The van der Waals surface area contributed by atoms with E-state index in [1.54, 1.807) is 0 Å². The molecule has 10 heteroatoms. The molecule has 0 amide bonds. The molecule has 0 saturated carbocycles. The molecule has 24 heavy (non-hydrogen) atoms. The van der Waals surface area contributed by atoms with E-state index in [1.807, 2.05) is 0 Å². The van der Waals surface area contributed by atoms with Crippen LogP contribution in [0, 0.1) is 0 Å². The highest BCUT2D eigenvalue weighted by Crippen LogP contribution is 2.33. The van der Waals surface area contributed by atoms with Crippen LogP contribution in [0.25, 0.3) is 0 Å². The van der Waals surface area contributed by atoms with Gasteiger partial charge in [-0.15, -0.1) is 0 Å². The van der Waals surface area contributed by atoms with Gasteiger partial charge in [-0.1, -0.05) is 11.6 Å². The summed E-state index contributed by atoms with van der Waals surface area (Å²) in [6.07, 6.45) is -4.83. The SMILES string of the molecule is COC(=O)CC/C(=N\Nc1cc(C(F)(F)F)ccc1Cl)C(=O)OC. The maximum atomic E-state index is 12.7. The van der Waals surface area contributed by atoms with Crippen molar-refractivity contribution in [3.05, 3.63) is 28.8 Å². The van der Waals surface area contributed by atoms with Crippen LogP contribution in [0.2, 0.25) is 5.02 Å². The van der Waals surface area contributed by atoms with E-state index in [1.165, 1.54) is 7.11 Å². The molecular weight excluding hydrogens is 353 g/mol. The third-order valence-corrected chi connectivity index (χ3v) is 3.15. The molecule has 1 aromatic carbocycles. The molecule has 6 nitrogen and oxygen atoms in total. The molecule has 0 bridgehead atoms. The molecule has 0 radical (unpaired) electrons. The second kappa shape index (κ2) is 8.53. The van der Waals surface area contributed by atoms with Gasteiger partial charge >= 0.3 is 18.1 Å². The number of hydrazone groups is 1. The molecule has 0 aliphatic heterocycles. The number of methoxy groups -OCH3 is 2. The van der Waals surface area contributed by atoms with Gasteiger partial charge in [0.05, 0.1) is 36.9 Å². The Kier molecular flexibility index (Phi) is 7.02. The number of hydrogen-bond donors (Lipinski definition) is 1. The summed E-state index contributed by atoms with van der Waals surface area (Å²) in [6.45, 7) is 0. The molecule has 1 N–H and O–H groups in total. The van der Waals surface area contributed by atoms with Crippen LogP contribution >= 0.6 is 11.6 Å². The zero-order valence-corrected chi connectivity index (χ0v) is 13.5. The van der Waals surface area contributed by atoms with Crippen molar-refractivity contribution in [2.45, 2.75) is 19.0 Å². The molecular formula is C14H14ClF3N2O4. The first kappa shape index (κ1) is 19.8. The van der Waals surface area contributed by atoms with Gasteiger partial charge in [-0.05, 0) is 18.2 Å². The lowest BCUT2D eigenvalue weighted by atomic mass is 10.2. The third-order valence-electron chi connectivity index (χ3n) is 2.82. The van der Waals surface area contributed by atoms with Crippen LogP contribution in [-0.2, 0) is 25.2 Å². The van der Waals surface area contributed by atoms with Crippen molar-refractivity contribution in [2.24, 2.45) is 5.10 Å². The minimum absolute atomic E-state index is 0.0241. The van der Waals surface area contributed by atoms with E-state index in [0.717, 1.165) is 25.3 Å². The lowest BCUT2D eigenvalue weighted by molar-refractivity contribution is -0.140. The first-order chi connectivity index (χ1) is 11.2. The van der Waals surface area contributed by atoms with Crippen molar-refractivity contribution in [2.75, 3.05) is 19.6 Å². The minimum Gasteiger partial charge on any atom is -0.469 e. The average Bonchev–Trinajstić information content (AvgIpc) is 2.54. The standard InChI is InChI=1S/C14H14ClF3N2O4/c1-23-12(21)6-5-10(13(22)24-2)19-20-11-7-8(14(16,17)18)3-4-9(11)15/h3-4,7,20H,5-6H2,1-2H3/b19-10+. The fraction of sp³-hybridized carbons (Fsp3) is 0.357. The molecule has 0 aliphatic carbocycles. The predicted molar refractivity (Wildman–Crippen MR) is 80.8 cm³/mol. The summed E-state index contributed by atoms with van der Waals surface area (Å²) in [5.41, 5.74) is 1.01. The number of carbonyl (C=O) groups is 2. The number of rotatable bonds is 6. The van der Waals surface area contributed by atoms with Gasteiger partial charge in [-0.2, -0.15) is 18.3 Å². The van der Waals surface area contributed by atoms with Crippen molar-refractivity contribution in [3.63, 3.8) is 0 Å². The Balaban J connectivity index is 3.00. The van der Waals surface area contributed by atoms with E-state index >= 15 is 0 Å². The highest BCUT2D eigenvalue weighted by molar-refractivity contribution is 6.37. The summed E-state index contributed by atoms with van der Waals surface area (Å²) in [6, 6.07) is 2.62. The summed E-state index contributed by atoms with van der Waals surface area (Å²) in [5, 5.41) is 3.66.